The van der Waals surface area contributed by atoms with E-state index in [0.29, 0.717) is 18.7 Å². The Morgan fingerprint density at radius 1 is 1.17 bits per heavy atom. The number of rotatable bonds is 3. The zero-order valence-corrected chi connectivity index (χ0v) is 14.4. The zero-order valence-electron chi connectivity index (χ0n) is 13.5. The number of nitrogens with zero attached hydrogens (tertiary/aromatic N) is 1. The molecule has 1 saturated heterocycles. The zero-order chi connectivity index (χ0) is 16.7. The topological polar surface area (TPSA) is 80.5 Å². The number of amides is 1. The van der Waals surface area contributed by atoms with Gasteiger partial charge in [0, 0.05) is 18.7 Å². The maximum absolute atomic E-state index is 13.0. The third kappa shape index (κ3) is 3.02. The summed E-state index contributed by atoms with van der Waals surface area (Å²) in [5.41, 5.74) is 6.49. The number of aryl methyl sites for hydroxylation is 1. The van der Waals surface area contributed by atoms with E-state index >= 15 is 0 Å². The van der Waals surface area contributed by atoms with Gasteiger partial charge in [0.2, 0.25) is 15.9 Å². The largest absolute Gasteiger partial charge is 0.366 e. The highest BCUT2D eigenvalue weighted by Crippen LogP contribution is 2.45. The first-order chi connectivity index (χ1) is 10.8. The van der Waals surface area contributed by atoms with Gasteiger partial charge in [-0.15, -0.1) is 0 Å². The molecule has 0 aromatic heterocycles. The Hall–Kier alpha value is -1.40. The molecule has 6 heteroatoms. The number of primary amides is 1. The number of hydrogen-bond donors (Lipinski definition) is 1. The summed E-state index contributed by atoms with van der Waals surface area (Å²) in [5, 5.41) is 0. The van der Waals surface area contributed by atoms with Crippen LogP contribution in [0.4, 0.5) is 0 Å². The Labute approximate surface area is 137 Å². The van der Waals surface area contributed by atoms with Crippen LogP contribution in [0.3, 0.4) is 0 Å². The maximum Gasteiger partial charge on any atom is 0.249 e. The summed E-state index contributed by atoms with van der Waals surface area (Å²) in [5.74, 6) is -0.592. The van der Waals surface area contributed by atoms with Crippen LogP contribution in [0, 0.1) is 12.3 Å². The van der Waals surface area contributed by atoms with E-state index in [1.807, 2.05) is 0 Å². The van der Waals surface area contributed by atoms with Crippen LogP contribution in [0.1, 0.15) is 54.4 Å². The van der Waals surface area contributed by atoms with E-state index < -0.39 is 15.9 Å². The second-order valence-corrected chi connectivity index (χ2v) is 8.93. The molecule has 23 heavy (non-hydrogen) atoms. The van der Waals surface area contributed by atoms with Gasteiger partial charge in [0.1, 0.15) is 0 Å². The van der Waals surface area contributed by atoms with Crippen LogP contribution in [0.2, 0.25) is 0 Å². The van der Waals surface area contributed by atoms with Gasteiger partial charge in [-0.25, -0.2) is 8.42 Å². The molecule has 1 aliphatic heterocycles. The molecule has 2 N–H and O–H groups in total. The second kappa shape index (κ2) is 5.91. The Morgan fingerprint density at radius 3 is 2.48 bits per heavy atom. The lowest BCUT2D eigenvalue weighted by atomic mass is 9.79. The molecule has 2 aliphatic rings. The number of sulfonamides is 1. The van der Waals surface area contributed by atoms with Crippen LogP contribution in [-0.4, -0.2) is 31.7 Å². The highest BCUT2D eigenvalue weighted by atomic mass is 32.2. The van der Waals surface area contributed by atoms with Gasteiger partial charge in [0.15, 0.2) is 0 Å². The van der Waals surface area contributed by atoms with E-state index in [0.717, 1.165) is 25.7 Å². The molecule has 1 heterocycles. The van der Waals surface area contributed by atoms with Gasteiger partial charge in [0.25, 0.3) is 0 Å². The summed E-state index contributed by atoms with van der Waals surface area (Å²) in [7, 11) is -3.57. The normalized spacial score (nSPS) is 21.6. The molecule has 0 radical (unpaired) electrons. The number of piperidine rings is 1. The minimum atomic E-state index is -3.57. The van der Waals surface area contributed by atoms with Crippen LogP contribution in [0.25, 0.3) is 0 Å². The number of nitrogens with two attached hydrogens (primary N) is 1. The predicted octanol–water partition coefficient (Wildman–Crippen LogP) is 2.44. The van der Waals surface area contributed by atoms with Gasteiger partial charge in [0.05, 0.1) is 4.90 Å². The fourth-order valence-corrected chi connectivity index (χ4v) is 5.70. The lowest BCUT2D eigenvalue weighted by molar-refractivity contribution is 0.0999. The highest BCUT2D eigenvalue weighted by molar-refractivity contribution is 7.89. The van der Waals surface area contributed by atoms with Crippen molar-refractivity contribution < 1.29 is 13.2 Å². The lowest BCUT2D eigenvalue weighted by Gasteiger charge is -2.39. The Balaban J connectivity index is 1.92. The molecule has 1 aromatic rings. The molecule has 1 aliphatic carbocycles. The number of carbonyl (C=O) groups is 1. The summed E-state index contributed by atoms with van der Waals surface area (Å²) in [6.07, 6.45) is 6.68. The van der Waals surface area contributed by atoms with Crippen molar-refractivity contribution in [3.8, 4) is 0 Å². The standard InChI is InChI=1S/C17H24N2O3S/c1-13-5-6-14(11-15(13)16(18)20)23(21,22)19-10-4-9-17(12-19)7-2-3-8-17/h5-6,11H,2-4,7-10,12H2,1H3,(H2,18,20). The van der Waals surface area contributed by atoms with Crippen molar-refractivity contribution in [2.75, 3.05) is 13.1 Å². The summed E-state index contributed by atoms with van der Waals surface area (Å²) in [4.78, 5) is 11.7. The first kappa shape index (κ1) is 16.5. The second-order valence-electron chi connectivity index (χ2n) is 6.99. The Morgan fingerprint density at radius 2 is 1.83 bits per heavy atom. The van der Waals surface area contributed by atoms with E-state index in [1.54, 1.807) is 23.4 Å². The molecule has 0 atom stereocenters. The predicted molar refractivity (Wildman–Crippen MR) is 88.6 cm³/mol. The molecule has 1 aromatic carbocycles. The van der Waals surface area contributed by atoms with E-state index in [-0.39, 0.29) is 15.9 Å². The molecule has 1 saturated carbocycles. The SMILES string of the molecule is Cc1ccc(S(=O)(=O)N2CCCC3(CCCC3)C2)cc1C(N)=O. The third-order valence-electron chi connectivity index (χ3n) is 5.40. The molecule has 1 spiro atoms. The van der Waals surface area contributed by atoms with Gasteiger partial charge in [-0.05, 0) is 55.7 Å². The van der Waals surface area contributed by atoms with Crippen LogP contribution in [-0.2, 0) is 10.0 Å². The third-order valence-corrected chi connectivity index (χ3v) is 7.24. The minimum Gasteiger partial charge on any atom is -0.366 e. The minimum absolute atomic E-state index is 0.169. The van der Waals surface area contributed by atoms with Crippen molar-refractivity contribution in [1.82, 2.24) is 4.31 Å². The smallest absolute Gasteiger partial charge is 0.249 e. The fraction of sp³-hybridized carbons (Fsp3) is 0.588. The fourth-order valence-electron chi connectivity index (χ4n) is 4.08. The van der Waals surface area contributed by atoms with Crippen molar-refractivity contribution in [3.63, 3.8) is 0 Å². The molecule has 3 rings (SSSR count). The summed E-state index contributed by atoms with van der Waals surface area (Å²) in [6.45, 7) is 2.92. The van der Waals surface area contributed by atoms with Crippen molar-refractivity contribution in [1.29, 1.82) is 0 Å². The first-order valence-corrected chi connectivity index (χ1v) is 9.69. The molecule has 126 valence electrons. The average molecular weight is 336 g/mol. The number of benzene rings is 1. The van der Waals surface area contributed by atoms with Crippen molar-refractivity contribution >= 4 is 15.9 Å². The van der Waals surface area contributed by atoms with Crippen molar-refractivity contribution in [2.24, 2.45) is 11.1 Å². The molecule has 5 nitrogen and oxygen atoms in total. The Bertz CT molecular complexity index is 721. The number of carbonyl (C=O) groups excluding carboxylic acids is 1. The summed E-state index contributed by atoms with van der Waals surface area (Å²) in [6, 6.07) is 4.65. The van der Waals surface area contributed by atoms with Gasteiger partial charge in [-0.3, -0.25) is 4.79 Å². The van der Waals surface area contributed by atoms with Gasteiger partial charge in [-0.2, -0.15) is 4.31 Å². The Kier molecular flexibility index (Phi) is 4.23. The first-order valence-electron chi connectivity index (χ1n) is 8.25. The van der Waals surface area contributed by atoms with Crippen LogP contribution < -0.4 is 5.73 Å². The van der Waals surface area contributed by atoms with Gasteiger partial charge in [-0.1, -0.05) is 18.9 Å². The molecular formula is C17H24N2O3S. The van der Waals surface area contributed by atoms with Gasteiger partial charge >= 0.3 is 0 Å². The van der Waals surface area contributed by atoms with Crippen molar-refractivity contribution in [2.45, 2.75) is 50.3 Å². The molecule has 0 unspecified atom stereocenters. The molecule has 2 fully saturated rings. The number of hydrogen-bond acceptors (Lipinski definition) is 3. The molecule has 0 bridgehead atoms. The maximum atomic E-state index is 13.0. The van der Waals surface area contributed by atoms with Gasteiger partial charge < -0.3 is 5.73 Å². The highest BCUT2D eigenvalue weighted by Gasteiger charge is 2.41. The summed E-state index contributed by atoms with van der Waals surface area (Å²) < 4.78 is 27.6. The van der Waals surface area contributed by atoms with Crippen LogP contribution >= 0.6 is 0 Å². The van der Waals surface area contributed by atoms with E-state index in [1.165, 1.54) is 18.9 Å². The van der Waals surface area contributed by atoms with Crippen LogP contribution in [0.5, 0.6) is 0 Å². The quantitative estimate of drug-likeness (QED) is 0.920. The van der Waals surface area contributed by atoms with Crippen molar-refractivity contribution in [3.05, 3.63) is 29.3 Å². The molecule has 1 amide bonds. The van der Waals surface area contributed by atoms with E-state index in [9.17, 15) is 13.2 Å². The average Bonchev–Trinajstić information content (AvgIpc) is 2.95. The molecular weight excluding hydrogens is 312 g/mol. The van der Waals surface area contributed by atoms with E-state index in [2.05, 4.69) is 0 Å². The van der Waals surface area contributed by atoms with Crippen LogP contribution in [0.15, 0.2) is 23.1 Å². The lowest BCUT2D eigenvalue weighted by Crippen LogP contribution is -2.44. The summed E-state index contributed by atoms with van der Waals surface area (Å²) >= 11 is 0. The van der Waals surface area contributed by atoms with E-state index in [4.69, 9.17) is 5.73 Å². The monoisotopic (exact) mass is 336 g/mol.